The van der Waals surface area contributed by atoms with E-state index in [0.29, 0.717) is 6.61 Å². The number of imidazole rings is 1. The van der Waals surface area contributed by atoms with Crippen LogP contribution in [0.2, 0.25) is 0 Å². The minimum atomic E-state index is -0.281. The van der Waals surface area contributed by atoms with Crippen molar-refractivity contribution in [2.75, 3.05) is 11.9 Å². The molecular formula is C21H25N3O2S. The van der Waals surface area contributed by atoms with E-state index in [1.165, 1.54) is 17.3 Å². The van der Waals surface area contributed by atoms with Gasteiger partial charge in [0.15, 0.2) is 5.16 Å². The maximum absolute atomic E-state index is 12.7. The Labute approximate surface area is 163 Å². The van der Waals surface area contributed by atoms with Crippen LogP contribution in [0.4, 0.5) is 5.69 Å². The van der Waals surface area contributed by atoms with Crippen molar-refractivity contribution in [3.8, 4) is 5.75 Å². The Morgan fingerprint density at radius 2 is 1.93 bits per heavy atom. The Bertz CT molecular complexity index is 958. The number of carbonyl (C=O) groups is 1. The second-order valence-electron chi connectivity index (χ2n) is 6.68. The van der Waals surface area contributed by atoms with Gasteiger partial charge in [0.05, 0.1) is 22.9 Å². The number of fused-ring (bicyclic) bond motifs is 1. The molecule has 0 radical (unpaired) electrons. The molecule has 6 heteroatoms. The van der Waals surface area contributed by atoms with Gasteiger partial charge in [-0.15, -0.1) is 0 Å². The zero-order valence-electron chi connectivity index (χ0n) is 16.3. The number of aromatic amines is 1. The molecule has 27 heavy (non-hydrogen) atoms. The first kappa shape index (κ1) is 19.3. The molecule has 0 saturated heterocycles. The van der Waals surface area contributed by atoms with E-state index in [1.807, 2.05) is 45.9 Å². The van der Waals surface area contributed by atoms with E-state index >= 15 is 0 Å². The van der Waals surface area contributed by atoms with Crippen LogP contribution in [0.15, 0.2) is 35.5 Å². The van der Waals surface area contributed by atoms with Crippen molar-refractivity contribution in [1.82, 2.24) is 9.97 Å². The lowest BCUT2D eigenvalue weighted by molar-refractivity contribution is -0.115. The first-order valence-corrected chi connectivity index (χ1v) is 9.93. The number of ether oxygens (including phenoxy) is 1. The van der Waals surface area contributed by atoms with E-state index in [0.717, 1.165) is 38.8 Å². The topological polar surface area (TPSA) is 67.0 Å². The summed E-state index contributed by atoms with van der Waals surface area (Å²) in [7, 11) is 0. The average Bonchev–Trinajstić information content (AvgIpc) is 2.99. The number of H-pyrrole nitrogens is 1. The molecule has 3 rings (SSSR count). The smallest absolute Gasteiger partial charge is 0.237 e. The van der Waals surface area contributed by atoms with Crippen LogP contribution >= 0.6 is 11.8 Å². The van der Waals surface area contributed by atoms with Crippen LogP contribution < -0.4 is 10.1 Å². The van der Waals surface area contributed by atoms with Gasteiger partial charge in [0, 0.05) is 11.8 Å². The van der Waals surface area contributed by atoms with E-state index in [-0.39, 0.29) is 11.2 Å². The van der Waals surface area contributed by atoms with Crippen molar-refractivity contribution in [2.45, 2.75) is 45.0 Å². The maximum Gasteiger partial charge on any atom is 0.237 e. The standard InChI is InChI=1S/C21H25N3O2S/c1-6-26-16-7-8-17-18(11-16)23-21(22-17)27-15(5)20(25)24-19-13(3)9-12(2)10-14(19)4/h7-11,15H,6H2,1-5H3,(H,22,23)(H,24,25)/t15-/m1/s1. The molecule has 0 spiro atoms. The molecule has 0 bridgehead atoms. The molecule has 2 N–H and O–H groups in total. The monoisotopic (exact) mass is 383 g/mol. The number of hydrogen-bond donors (Lipinski definition) is 2. The third-order valence-corrected chi connectivity index (χ3v) is 5.31. The Balaban J connectivity index is 1.72. The highest BCUT2D eigenvalue weighted by atomic mass is 32.2. The van der Waals surface area contributed by atoms with Crippen LogP contribution in [0.3, 0.4) is 0 Å². The number of anilines is 1. The highest BCUT2D eigenvalue weighted by Crippen LogP contribution is 2.28. The summed E-state index contributed by atoms with van der Waals surface area (Å²) in [5.74, 6) is 0.770. The predicted molar refractivity (Wildman–Crippen MR) is 112 cm³/mol. The zero-order valence-corrected chi connectivity index (χ0v) is 17.2. The van der Waals surface area contributed by atoms with Crippen molar-refractivity contribution < 1.29 is 9.53 Å². The molecule has 0 aliphatic heterocycles. The first-order chi connectivity index (χ1) is 12.9. The normalized spacial score (nSPS) is 12.2. The summed E-state index contributed by atoms with van der Waals surface area (Å²) in [6.45, 7) is 10.6. The molecule has 0 saturated carbocycles. The van der Waals surface area contributed by atoms with Gasteiger partial charge >= 0.3 is 0 Å². The van der Waals surface area contributed by atoms with Crippen molar-refractivity contribution in [3.63, 3.8) is 0 Å². The summed E-state index contributed by atoms with van der Waals surface area (Å²) < 4.78 is 5.52. The number of carbonyl (C=O) groups excluding carboxylic acids is 1. The molecule has 0 fully saturated rings. The van der Waals surface area contributed by atoms with Crippen LogP contribution in [-0.4, -0.2) is 27.7 Å². The van der Waals surface area contributed by atoms with E-state index in [4.69, 9.17) is 4.74 Å². The average molecular weight is 384 g/mol. The van der Waals surface area contributed by atoms with Gasteiger partial charge in [-0.3, -0.25) is 4.79 Å². The maximum atomic E-state index is 12.7. The quantitative estimate of drug-likeness (QED) is 0.588. The van der Waals surface area contributed by atoms with Crippen LogP contribution in [0, 0.1) is 20.8 Å². The number of benzene rings is 2. The number of hydrogen-bond acceptors (Lipinski definition) is 4. The highest BCUT2D eigenvalue weighted by Gasteiger charge is 2.18. The largest absolute Gasteiger partial charge is 0.494 e. The van der Waals surface area contributed by atoms with Crippen LogP contribution in [0.5, 0.6) is 5.75 Å². The fraction of sp³-hybridized carbons (Fsp3) is 0.333. The van der Waals surface area contributed by atoms with Gasteiger partial charge in [-0.05, 0) is 57.9 Å². The number of nitrogens with zero attached hydrogens (tertiary/aromatic N) is 1. The van der Waals surface area contributed by atoms with Gasteiger partial charge in [0.2, 0.25) is 5.91 Å². The molecule has 142 valence electrons. The number of nitrogens with one attached hydrogen (secondary N) is 2. The minimum absolute atomic E-state index is 0.0366. The fourth-order valence-corrected chi connectivity index (χ4v) is 3.92. The Morgan fingerprint density at radius 3 is 2.59 bits per heavy atom. The molecule has 1 amide bonds. The summed E-state index contributed by atoms with van der Waals surface area (Å²) in [6.07, 6.45) is 0. The summed E-state index contributed by atoms with van der Waals surface area (Å²) in [5, 5.41) is 3.50. The molecule has 0 aliphatic rings. The zero-order chi connectivity index (χ0) is 19.6. The number of aryl methyl sites for hydroxylation is 3. The van der Waals surface area contributed by atoms with Crippen molar-refractivity contribution in [2.24, 2.45) is 0 Å². The lowest BCUT2D eigenvalue weighted by atomic mass is 10.1. The van der Waals surface area contributed by atoms with Gasteiger partial charge in [-0.2, -0.15) is 0 Å². The summed E-state index contributed by atoms with van der Waals surface area (Å²) in [4.78, 5) is 20.5. The van der Waals surface area contributed by atoms with Gasteiger partial charge in [0.25, 0.3) is 0 Å². The number of thioether (sulfide) groups is 1. The second kappa shape index (κ2) is 8.05. The summed E-state index contributed by atoms with van der Waals surface area (Å²) >= 11 is 1.41. The van der Waals surface area contributed by atoms with Crippen LogP contribution in [0.1, 0.15) is 30.5 Å². The molecule has 0 aliphatic carbocycles. The van der Waals surface area contributed by atoms with Crippen molar-refractivity contribution >= 4 is 34.4 Å². The Morgan fingerprint density at radius 1 is 1.22 bits per heavy atom. The molecule has 1 aromatic heterocycles. The van der Waals surface area contributed by atoms with E-state index < -0.39 is 0 Å². The predicted octanol–water partition coefficient (Wildman–Crippen LogP) is 5.01. The Kier molecular flexibility index (Phi) is 5.75. The molecule has 1 heterocycles. The summed E-state index contributed by atoms with van der Waals surface area (Å²) in [6, 6.07) is 9.91. The molecule has 1 atom stereocenters. The van der Waals surface area contributed by atoms with Crippen molar-refractivity contribution in [1.29, 1.82) is 0 Å². The SMILES string of the molecule is CCOc1ccc2nc(S[C@H](C)C(=O)Nc3c(C)cc(C)cc3C)[nH]c2c1. The van der Waals surface area contributed by atoms with Crippen LogP contribution in [0.25, 0.3) is 11.0 Å². The molecule has 5 nitrogen and oxygen atoms in total. The number of rotatable bonds is 6. The third-order valence-electron chi connectivity index (χ3n) is 4.33. The van der Waals surface area contributed by atoms with E-state index in [9.17, 15) is 4.79 Å². The van der Waals surface area contributed by atoms with E-state index in [1.54, 1.807) is 0 Å². The number of aromatic nitrogens is 2. The van der Waals surface area contributed by atoms with Crippen molar-refractivity contribution in [3.05, 3.63) is 47.0 Å². The molecular weight excluding hydrogens is 358 g/mol. The minimum Gasteiger partial charge on any atom is -0.494 e. The second-order valence-corrected chi connectivity index (χ2v) is 8.01. The van der Waals surface area contributed by atoms with Gasteiger partial charge in [-0.25, -0.2) is 4.98 Å². The fourth-order valence-electron chi connectivity index (χ4n) is 3.10. The molecule has 2 aromatic carbocycles. The van der Waals surface area contributed by atoms with Gasteiger partial charge in [-0.1, -0.05) is 29.5 Å². The van der Waals surface area contributed by atoms with Gasteiger partial charge in [0.1, 0.15) is 5.75 Å². The molecule has 0 unspecified atom stereocenters. The highest BCUT2D eigenvalue weighted by molar-refractivity contribution is 8.00. The third kappa shape index (κ3) is 4.45. The Hall–Kier alpha value is -2.47. The van der Waals surface area contributed by atoms with Crippen LogP contribution in [-0.2, 0) is 4.79 Å². The molecule has 3 aromatic rings. The lowest BCUT2D eigenvalue weighted by Gasteiger charge is -2.15. The van der Waals surface area contributed by atoms with E-state index in [2.05, 4.69) is 34.3 Å². The number of amides is 1. The van der Waals surface area contributed by atoms with Gasteiger partial charge < -0.3 is 15.0 Å². The summed E-state index contributed by atoms with van der Waals surface area (Å²) in [5.41, 5.74) is 6.00. The lowest BCUT2D eigenvalue weighted by Crippen LogP contribution is -2.23. The first-order valence-electron chi connectivity index (χ1n) is 9.05.